The van der Waals surface area contributed by atoms with Crippen molar-refractivity contribution in [1.82, 2.24) is 20.3 Å². The van der Waals surface area contributed by atoms with Crippen molar-refractivity contribution < 1.29 is 13.2 Å². The van der Waals surface area contributed by atoms with Crippen LogP contribution in [0.5, 0.6) is 0 Å². The van der Waals surface area contributed by atoms with E-state index in [9.17, 15) is 8.42 Å². The summed E-state index contributed by atoms with van der Waals surface area (Å²) in [6.45, 7) is 9.75. The van der Waals surface area contributed by atoms with Gasteiger partial charge in [-0.15, -0.1) is 0 Å². The van der Waals surface area contributed by atoms with Crippen LogP contribution in [0.2, 0.25) is 0 Å². The number of aliphatic imine (C=N–C) groups is 1. The molecule has 0 spiro atoms. The minimum Gasteiger partial charge on any atom is -0.377 e. The zero-order chi connectivity index (χ0) is 21.0. The molecule has 2 aliphatic heterocycles. The molecule has 1 atom stereocenters. The number of likely N-dealkylation sites (tertiary alicyclic amines) is 1. The monoisotopic (exact) mass is 431 g/mol. The lowest BCUT2D eigenvalue weighted by Gasteiger charge is -2.33. The Labute approximate surface area is 177 Å². The summed E-state index contributed by atoms with van der Waals surface area (Å²) in [5, 5.41) is 6.72. The van der Waals surface area contributed by atoms with E-state index in [0.29, 0.717) is 18.5 Å². The maximum absolute atomic E-state index is 12.2. The number of nitrogens with zero attached hydrogens (tertiary/aromatic N) is 2. The van der Waals surface area contributed by atoms with Gasteiger partial charge in [-0.05, 0) is 52.0 Å². The average Bonchev–Trinajstić information content (AvgIpc) is 2.73. The third kappa shape index (κ3) is 10.1. The van der Waals surface area contributed by atoms with E-state index in [0.717, 1.165) is 58.3 Å². The Kier molecular flexibility index (Phi) is 11.3. The first kappa shape index (κ1) is 24.4. The second kappa shape index (κ2) is 13.4. The van der Waals surface area contributed by atoms with E-state index in [1.807, 2.05) is 6.92 Å². The lowest BCUT2D eigenvalue weighted by Crippen LogP contribution is -2.49. The highest BCUT2D eigenvalue weighted by Crippen LogP contribution is 2.12. The highest BCUT2D eigenvalue weighted by Gasteiger charge is 2.20. The van der Waals surface area contributed by atoms with Crippen LogP contribution in [-0.4, -0.2) is 83.1 Å². The van der Waals surface area contributed by atoms with Crippen molar-refractivity contribution in [2.45, 2.75) is 70.9 Å². The lowest BCUT2D eigenvalue weighted by atomic mass is 10.0. The third-order valence-corrected chi connectivity index (χ3v) is 6.86. The molecule has 2 saturated heterocycles. The largest absolute Gasteiger partial charge is 0.377 e. The molecule has 0 aliphatic carbocycles. The molecule has 1 unspecified atom stereocenters. The van der Waals surface area contributed by atoms with E-state index in [1.54, 1.807) is 0 Å². The minimum atomic E-state index is -3.34. The normalized spacial score (nSPS) is 22.6. The topological polar surface area (TPSA) is 95.1 Å². The molecule has 170 valence electrons. The second-order valence-corrected chi connectivity index (χ2v) is 9.96. The summed E-state index contributed by atoms with van der Waals surface area (Å²) in [4.78, 5) is 7.01. The van der Waals surface area contributed by atoms with Crippen LogP contribution in [0.15, 0.2) is 4.99 Å². The number of hydrogen-bond acceptors (Lipinski definition) is 5. The van der Waals surface area contributed by atoms with Crippen molar-refractivity contribution in [3.05, 3.63) is 0 Å². The Hall–Kier alpha value is -0.900. The Morgan fingerprint density at radius 2 is 1.97 bits per heavy atom. The molecule has 9 heteroatoms. The first-order valence-corrected chi connectivity index (χ1v) is 13.0. The quantitative estimate of drug-likeness (QED) is 0.337. The van der Waals surface area contributed by atoms with Crippen LogP contribution >= 0.6 is 0 Å². The van der Waals surface area contributed by atoms with Crippen molar-refractivity contribution in [2.24, 2.45) is 4.99 Å². The Morgan fingerprint density at radius 3 is 2.62 bits per heavy atom. The molecule has 2 aliphatic rings. The van der Waals surface area contributed by atoms with Crippen LogP contribution in [0.3, 0.4) is 0 Å². The molecule has 2 heterocycles. The number of piperidine rings is 1. The minimum absolute atomic E-state index is 0.00389. The third-order valence-electron chi connectivity index (χ3n) is 5.54. The fraction of sp³-hybridized carbons (Fsp3) is 0.950. The molecule has 0 aromatic heterocycles. The van der Waals surface area contributed by atoms with Gasteiger partial charge >= 0.3 is 0 Å². The predicted molar refractivity (Wildman–Crippen MR) is 119 cm³/mol. The lowest BCUT2D eigenvalue weighted by molar-refractivity contribution is 0.0200. The summed E-state index contributed by atoms with van der Waals surface area (Å²) in [5.74, 6) is 0.705. The van der Waals surface area contributed by atoms with Gasteiger partial charge in [-0.1, -0.05) is 13.3 Å². The highest BCUT2D eigenvalue weighted by atomic mass is 32.2. The maximum atomic E-state index is 12.2. The van der Waals surface area contributed by atoms with Crippen molar-refractivity contribution in [3.8, 4) is 0 Å². The van der Waals surface area contributed by atoms with Gasteiger partial charge in [0.1, 0.15) is 0 Å². The van der Waals surface area contributed by atoms with Gasteiger partial charge in [0.25, 0.3) is 0 Å². The van der Waals surface area contributed by atoms with E-state index < -0.39 is 10.0 Å². The van der Waals surface area contributed by atoms with Crippen molar-refractivity contribution in [1.29, 1.82) is 0 Å². The van der Waals surface area contributed by atoms with Crippen LogP contribution in [0.1, 0.15) is 58.8 Å². The summed E-state index contributed by atoms with van der Waals surface area (Å²) in [5.41, 5.74) is 0. The maximum Gasteiger partial charge on any atom is 0.213 e. The molecule has 0 radical (unpaired) electrons. The van der Waals surface area contributed by atoms with Gasteiger partial charge in [0, 0.05) is 38.8 Å². The number of unbranched alkanes of at least 4 members (excludes halogenated alkanes) is 1. The Bertz CT molecular complexity index is 571. The summed E-state index contributed by atoms with van der Waals surface area (Å²) in [6, 6.07) is 0.392. The molecule has 0 aromatic carbocycles. The SMILES string of the molecule is CCCCN1CCC(NC(=NCCS(=O)(=O)NCC2CCCCO2)NCC)CC1. The Balaban J connectivity index is 1.72. The molecule has 2 rings (SSSR count). The van der Waals surface area contributed by atoms with Gasteiger partial charge in [0.15, 0.2) is 5.96 Å². The van der Waals surface area contributed by atoms with Crippen molar-refractivity contribution >= 4 is 16.0 Å². The molecule has 0 bridgehead atoms. The van der Waals surface area contributed by atoms with Gasteiger partial charge < -0.3 is 20.3 Å². The molecule has 3 N–H and O–H groups in total. The molecule has 0 aromatic rings. The van der Waals surface area contributed by atoms with Gasteiger partial charge in [-0.25, -0.2) is 13.1 Å². The number of nitrogens with one attached hydrogen (secondary N) is 3. The van der Waals surface area contributed by atoms with E-state index in [-0.39, 0.29) is 18.4 Å². The molecular formula is C20H41N5O3S. The van der Waals surface area contributed by atoms with E-state index in [2.05, 4.69) is 32.2 Å². The first-order chi connectivity index (χ1) is 14.0. The van der Waals surface area contributed by atoms with Gasteiger partial charge in [-0.3, -0.25) is 4.99 Å². The van der Waals surface area contributed by atoms with Gasteiger partial charge in [-0.2, -0.15) is 0 Å². The number of ether oxygens (including phenoxy) is 1. The number of sulfonamides is 1. The summed E-state index contributed by atoms with van der Waals surface area (Å²) >= 11 is 0. The van der Waals surface area contributed by atoms with E-state index in [4.69, 9.17) is 4.74 Å². The van der Waals surface area contributed by atoms with Gasteiger partial charge in [0.05, 0.1) is 18.4 Å². The average molecular weight is 432 g/mol. The van der Waals surface area contributed by atoms with Crippen LogP contribution in [0.25, 0.3) is 0 Å². The van der Waals surface area contributed by atoms with Crippen LogP contribution in [0, 0.1) is 0 Å². The number of rotatable bonds is 11. The smallest absolute Gasteiger partial charge is 0.213 e. The predicted octanol–water partition coefficient (Wildman–Crippen LogP) is 1.29. The Morgan fingerprint density at radius 1 is 1.17 bits per heavy atom. The van der Waals surface area contributed by atoms with Crippen molar-refractivity contribution in [3.63, 3.8) is 0 Å². The second-order valence-electron chi connectivity index (χ2n) is 8.03. The summed E-state index contributed by atoms with van der Waals surface area (Å²) < 4.78 is 32.7. The number of hydrogen-bond donors (Lipinski definition) is 3. The molecule has 0 amide bonds. The molecule has 2 fully saturated rings. The summed E-state index contributed by atoms with van der Waals surface area (Å²) in [6.07, 6.45) is 7.78. The molecule has 8 nitrogen and oxygen atoms in total. The first-order valence-electron chi connectivity index (χ1n) is 11.4. The fourth-order valence-corrected chi connectivity index (χ4v) is 4.65. The zero-order valence-electron chi connectivity index (χ0n) is 18.3. The van der Waals surface area contributed by atoms with Crippen LogP contribution < -0.4 is 15.4 Å². The zero-order valence-corrected chi connectivity index (χ0v) is 19.1. The fourth-order valence-electron chi connectivity index (χ4n) is 3.73. The number of guanidine groups is 1. The van der Waals surface area contributed by atoms with E-state index in [1.165, 1.54) is 19.4 Å². The highest BCUT2D eigenvalue weighted by molar-refractivity contribution is 7.89. The van der Waals surface area contributed by atoms with Crippen LogP contribution in [0.4, 0.5) is 0 Å². The molecule has 0 saturated carbocycles. The van der Waals surface area contributed by atoms with Crippen LogP contribution in [-0.2, 0) is 14.8 Å². The van der Waals surface area contributed by atoms with E-state index >= 15 is 0 Å². The van der Waals surface area contributed by atoms with Crippen molar-refractivity contribution in [2.75, 3.05) is 51.6 Å². The standard InChI is InChI=1S/C20H41N5O3S/c1-3-5-12-25-13-9-18(10-14-25)24-20(21-4-2)22-11-16-29(26,27)23-17-19-8-6-7-15-28-19/h18-19,23H,3-17H2,1-2H3,(H2,21,22,24). The summed E-state index contributed by atoms with van der Waals surface area (Å²) in [7, 11) is -3.34. The van der Waals surface area contributed by atoms with Gasteiger partial charge in [0.2, 0.25) is 10.0 Å². The molecule has 29 heavy (non-hydrogen) atoms. The molecular weight excluding hydrogens is 390 g/mol.